The number of aryl methyl sites for hydroxylation is 1. The first-order valence-electron chi connectivity index (χ1n) is 7.17. The molecule has 1 aliphatic carbocycles. The van der Waals surface area contributed by atoms with Crippen LogP contribution in [0.15, 0.2) is 24.3 Å². The predicted molar refractivity (Wildman–Crippen MR) is 76.7 cm³/mol. The van der Waals surface area contributed by atoms with Gasteiger partial charge in [0.2, 0.25) is 0 Å². The summed E-state index contributed by atoms with van der Waals surface area (Å²) >= 11 is 0. The van der Waals surface area contributed by atoms with Crippen molar-refractivity contribution in [1.82, 2.24) is 4.90 Å². The Labute approximate surface area is 119 Å². The Kier molecular flexibility index (Phi) is 4.77. The number of carbonyl (C=O) groups excluding carboxylic acids is 1. The van der Waals surface area contributed by atoms with Crippen molar-refractivity contribution in [2.45, 2.75) is 45.1 Å². The van der Waals surface area contributed by atoms with Crippen molar-refractivity contribution in [2.24, 2.45) is 0 Å². The van der Waals surface area contributed by atoms with Crippen molar-refractivity contribution in [2.75, 3.05) is 6.54 Å². The highest BCUT2D eigenvalue weighted by Gasteiger charge is 2.27. The number of aliphatic carboxylic acids is 1. The molecule has 0 spiro atoms. The third kappa shape index (κ3) is 3.59. The summed E-state index contributed by atoms with van der Waals surface area (Å²) in [6.45, 7) is 2.25. The van der Waals surface area contributed by atoms with Crippen LogP contribution in [0, 0.1) is 6.92 Å². The van der Waals surface area contributed by atoms with E-state index in [2.05, 4.69) is 0 Å². The molecule has 0 bridgehead atoms. The van der Waals surface area contributed by atoms with E-state index in [0.717, 1.165) is 31.2 Å². The van der Waals surface area contributed by atoms with E-state index in [1.807, 2.05) is 25.1 Å². The van der Waals surface area contributed by atoms with E-state index in [-0.39, 0.29) is 18.4 Å². The molecule has 0 saturated heterocycles. The molecule has 4 nitrogen and oxygen atoms in total. The second kappa shape index (κ2) is 6.55. The van der Waals surface area contributed by atoms with E-state index in [9.17, 15) is 9.59 Å². The zero-order valence-electron chi connectivity index (χ0n) is 11.8. The molecule has 1 aromatic carbocycles. The molecule has 0 unspecified atom stereocenters. The molecular formula is C16H21NO3. The standard InChI is InChI=1S/C16H21NO3/c1-12-5-4-6-13(11-12)16(20)17(10-9-15(18)19)14-7-2-3-8-14/h4-6,11,14H,2-3,7-10H2,1H3,(H,18,19). The van der Waals surface area contributed by atoms with Gasteiger partial charge in [0.1, 0.15) is 0 Å². The fraction of sp³-hybridized carbons (Fsp3) is 0.500. The quantitative estimate of drug-likeness (QED) is 0.899. The van der Waals surface area contributed by atoms with Crippen LogP contribution in [0.25, 0.3) is 0 Å². The van der Waals surface area contributed by atoms with Crippen LogP contribution in [-0.2, 0) is 4.79 Å². The summed E-state index contributed by atoms with van der Waals surface area (Å²) < 4.78 is 0. The average molecular weight is 275 g/mol. The van der Waals surface area contributed by atoms with Gasteiger partial charge in [-0.25, -0.2) is 0 Å². The van der Waals surface area contributed by atoms with Crippen LogP contribution in [0.4, 0.5) is 0 Å². The van der Waals surface area contributed by atoms with Crippen molar-refractivity contribution in [3.63, 3.8) is 0 Å². The molecule has 20 heavy (non-hydrogen) atoms. The zero-order valence-corrected chi connectivity index (χ0v) is 11.8. The van der Waals surface area contributed by atoms with Gasteiger partial charge in [-0.2, -0.15) is 0 Å². The fourth-order valence-electron chi connectivity index (χ4n) is 2.83. The molecule has 4 heteroatoms. The fourth-order valence-corrected chi connectivity index (χ4v) is 2.83. The lowest BCUT2D eigenvalue weighted by molar-refractivity contribution is -0.137. The first kappa shape index (κ1) is 14.6. The van der Waals surface area contributed by atoms with Gasteiger partial charge in [-0.15, -0.1) is 0 Å². The van der Waals surface area contributed by atoms with Crippen LogP contribution < -0.4 is 0 Å². The van der Waals surface area contributed by atoms with E-state index in [1.54, 1.807) is 11.0 Å². The second-order valence-electron chi connectivity index (χ2n) is 5.45. The molecule has 1 aliphatic rings. The summed E-state index contributed by atoms with van der Waals surface area (Å²) in [7, 11) is 0. The highest BCUT2D eigenvalue weighted by atomic mass is 16.4. The van der Waals surface area contributed by atoms with E-state index in [0.29, 0.717) is 12.1 Å². The number of amides is 1. The smallest absolute Gasteiger partial charge is 0.305 e. The van der Waals surface area contributed by atoms with Crippen LogP contribution in [0.3, 0.4) is 0 Å². The number of carbonyl (C=O) groups is 2. The van der Waals surface area contributed by atoms with Gasteiger partial charge in [-0.1, -0.05) is 30.5 Å². The lowest BCUT2D eigenvalue weighted by Gasteiger charge is -2.28. The number of nitrogens with zero attached hydrogens (tertiary/aromatic N) is 1. The summed E-state index contributed by atoms with van der Waals surface area (Å²) in [6, 6.07) is 7.69. The van der Waals surface area contributed by atoms with Crippen LogP contribution >= 0.6 is 0 Å². The molecule has 2 rings (SSSR count). The first-order chi connectivity index (χ1) is 9.58. The Morgan fingerprint density at radius 1 is 1.30 bits per heavy atom. The summed E-state index contributed by atoms with van der Waals surface area (Å²) in [5, 5.41) is 8.86. The minimum absolute atomic E-state index is 0.00799. The summed E-state index contributed by atoms with van der Waals surface area (Å²) in [5.41, 5.74) is 1.70. The molecule has 0 aromatic heterocycles. The van der Waals surface area contributed by atoms with Gasteiger partial charge in [0.05, 0.1) is 6.42 Å². The topological polar surface area (TPSA) is 57.6 Å². The number of carboxylic acid groups (broad SMARTS) is 1. The zero-order chi connectivity index (χ0) is 14.5. The van der Waals surface area contributed by atoms with Gasteiger partial charge >= 0.3 is 5.97 Å². The summed E-state index contributed by atoms with van der Waals surface area (Å²) in [5.74, 6) is -0.896. The number of hydrogen-bond donors (Lipinski definition) is 1. The Hall–Kier alpha value is -1.84. The molecule has 1 saturated carbocycles. The Morgan fingerprint density at radius 3 is 2.60 bits per heavy atom. The van der Waals surface area contributed by atoms with Crippen LogP contribution in [0.1, 0.15) is 48.0 Å². The van der Waals surface area contributed by atoms with Crippen molar-refractivity contribution >= 4 is 11.9 Å². The van der Waals surface area contributed by atoms with Gasteiger partial charge in [-0.3, -0.25) is 9.59 Å². The van der Waals surface area contributed by atoms with Crippen LogP contribution in [0.2, 0.25) is 0 Å². The molecule has 1 N–H and O–H groups in total. The molecule has 108 valence electrons. The minimum atomic E-state index is -0.856. The molecule has 0 radical (unpaired) electrons. The first-order valence-corrected chi connectivity index (χ1v) is 7.17. The molecule has 1 fully saturated rings. The Balaban J connectivity index is 2.16. The van der Waals surface area contributed by atoms with Gasteiger partial charge in [0, 0.05) is 18.2 Å². The van der Waals surface area contributed by atoms with E-state index >= 15 is 0 Å². The SMILES string of the molecule is Cc1cccc(C(=O)N(CCC(=O)O)C2CCCC2)c1. The second-order valence-corrected chi connectivity index (χ2v) is 5.45. The Morgan fingerprint density at radius 2 is 2.00 bits per heavy atom. The van der Waals surface area contributed by atoms with Crippen molar-refractivity contribution in [3.05, 3.63) is 35.4 Å². The molecular weight excluding hydrogens is 254 g/mol. The monoisotopic (exact) mass is 275 g/mol. The summed E-state index contributed by atoms with van der Waals surface area (Å²) in [4.78, 5) is 25.2. The van der Waals surface area contributed by atoms with Crippen LogP contribution in [-0.4, -0.2) is 34.5 Å². The number of benzene rings is 1. The van der Waals surface area contributed by atoms with E-state index < -0.39 is 5.97 Å². The molecule has 1 amide bonds. The predicted octanol–water partition coefficient (Wildman–Crippen LogP) is 2.85. The van der Waals surface area contributed by atoms with Gasteiger partial charge in [-0.05, 0) is 31.9 Å². The normalized spacial score (nSPS) is 15.2. The summed E-state index contributed by atoms with van der Waals surface area (Å²) in [6.07, 6.45) is 4.22. The largest absolute Gasteiger partial charge is 0.481 e. The van der Waals surface area contributed by atoms with Crippen LogP contribution in [0.5, 0.6) is 0 Å². The highest BCUT2D eigenvalue weighted by molar-refractivity contribution is 5.94. The molecule has 0 heterocycles. The molecule has 1 aromatic rings. The maximum absolute atomic E-state index is 12.6. The lowest BCUT2D eigenvalue weighted by atomic mass is 10.1. The third-order valence-corrected chi connectivity index (χ3v) is 3.86. The lowest BCUT2D eigenvalue weighted by Crippen LogP contribution is -2.40. The number of hydrogen-bond acceptors (Lipinski definition) is 2. The molecule has 0 atom stereocenters. The van der Waals surface area contributed by atoms with E-state index in [1.165, 1.54) is 0 Å². The van der Waals surface area contributed by atoms with Gasteiger partial charge < -0.3 is 10.0 Å². The number of carboxylic acids is 1. The van der Waals surface area contributed by atoms with Crippen molar-refractivity contribution < 1.29 is 14.7 Å². The van der Waals surface area contributed by atoms with Crippen molar-refractivity contribution in [1.29, 1.82) is 0 Å². The Bertz CT molecular complexity index is 492. The number of rotatable bonds is 5. The van der Waals surface area contributed by atoms with Gasteiger partial charge in [0.15, 0.2) is 0 Å². The van der Waals surface area contributed by atoms with Crippen molar-refractivity contribution in [3.8, 4) is 0 Å². The van der Waals surface area contributed by atoms with Gasteiger partial charge in [0.25, 0.3) is 5.91 Å². The average Bonchev–Trinajstić information content (AvgIpc) is 2.92. The van der Waals surface area contributed by atoms with E-state index in [4.69, 9.17) is 5.11 Å². The maximum atomic E-state index is 12.6. The third-order valence-electron chi connectivity index (χ3n) is 3.86. The molecule has 0 aliphatic heterocycles. The highest BCUT2D eigenvalue weighted by Crippen LogP contribution is 2.25. The maximum Gasteiger partial charge on any atom is 0.305 e. The minimum Gasteiger partial charge on any atom is -0.481 e.